The molecule has 2 aliphatic rings. The van der Waals surface area contributed by atoms with Gasteiger partial charge in [0.05, 0.1) is 22.7 Å². The van der Waals surface area contributed by atoms with Crippen molar-refractivity contribution in [3.8, 4) is 5.75 Å². The van der Waals surface area contributed by atoms with E-state index in [1.165, 1.54) is 23.2 Å². The third kappa shape index (κ3) is 3.43. The Balaban J connectivity index is 1.70. The van der Waals surface area contributed by atoms with E-state index >= 15 is 0 Å². The summed E-state index contributed by atoms with van der Waals surface area (Å²) in [4.78, 5) is 39.7. The summed E-state index contributed by atoms with van der Waals surface area (Å²) in [5, 5.41) is 10.5. The fourth-order valence-corrected chi connectivity index (χ4v) is 4.69. The SMILES string of the molecule is COC[C@H]1C[C@@]12CN(C)C(=O)c1c(O)c(=O)c(C(=O)CCc3cccc(Cl)c3F)cn12. The number of halogens is 2. The maximum atomic E-state index is 14.1. The zero-order chi connectivity index (χ0) is 22.5. The van der Waals surface area contributed by atoms with Gasteiger partial charge in [0.2, 0.25) is 5.43 Å². The number of hydrogen-bond donors (Lipinski definition) is 1. The average molecular weight is 449 g/mol. The largest absolute Gasteiger partial charge is 0.503 e. The number of ketones is 1. The van der Waals surface area contributed by atoms with E-state index in [-0.39, 0.29) is 40.6 Å². The summed E-state index contributed by atoms with van der Waals surface area (Å²) in [6.07, 6.45) is 1.96. The number of hydrogen-bond acceptors (Lipinski definition) is 5. The highest BCUT2D eigenvalue weighted by Gasteiger charge is 2.60. The average Bonchev–Trinajstić information content (AvgIpc) is 3.41. The molecular weight excluding hydrogens is 427 g/mol. The standard InChI is InChI=1S/C22H22ClFN2O5/c1-25-11-22(8-13(22)10-31-2)26-9-14(19(28)20(29)18(26)21(25)30)16(27)7-6-12-4-3-5-15(23)17(12)24/h3-5,9,13,29H,6-8,10-11H2,1-2H3/t13-,22-/m1/s1. The second-order valence-electron chi connectivity index (χ2n) is 8.20. The van der Waals surface area contributed by atoms with Gasteiger partial charge in [-0.05, 0) is 24.5 Å². The van der Waals surface area contributed by atoms with Crippen LogP contribution in [-0.4, -0.2) is 53.6 Å². The molecule has 1 spiro atoms. The third-order valence-electron chi connectivity index (χ3n) is 6.24. The summed E-state index contributed by atoms with van der Waals surface area (Å²) < 4.78 is 21.0. The summed E-state index contributed by atoms with van der Waals surface area (Å²) >= 11 is 5.78. The number of fused-ring (bicyclic) bond motifs is 2. The molecular formula is C22H22ClFN2O5. The first kappa shape index (κ1) is 21.5. The minimum absolute atomic E-state index is 0.0427. The topological polar surface area (TPSA) is 88.8 Å². The summed E-state index contributed by atoms with van der Waals surface area (Å²) in [7, 11) is 3.19. The molecule has 1 aliphatic heterocycles. The van der Waals surface area contributed by atoms with Crippen LogP contribution in [0.15, 0.2) is 29.2 Å². The van der Waals surface area contributed by atoms with Crippen molar-refractivity contribution in [1.82, 2.24) is 9.47 Å². The van der Waals surface area contributed by atoms with Gasteiger partial charge in [0.1, 0.15) is 5.82 Å². The molecule has 1 amide bonds. The fraction of sp³-hybridized carbons (Fsp3) is 0.409. The number of Topliss-reactive ketones (excluding diaryl/α,β-unsaturated/α-hetero) is 1. The van der Waals surface area contributed by atoms with Gasteiger partial charge in [-0.2, -0.15) is 0 Å². The van der Waals surface area contributed by atoms with E-state index in [0.717, 1.165) is 0 Å². The lowest BCUT2D eigenvalue weighted by atomic mass is 10.00. The number of benzene rings is 1. The quantitative estimate of drug-likeness (QED) is 0.686. The molecule has 164 valence electrons. The number of aromatic hydroxyl groups is 1. The molecule has 0 bridgehead atoms. The van der Waals surface area contributed by atoms with Crippen LogP contribution in [0, 0.1) is 11.7 Å². The second-order valence-corrected chi connectivity index (χ2v) is 8.60. The van der Waals surface area contributed by atoms with Crippen LogP contribution in [0.2, 0.25) is 5.02 Å². The number of methoxy groups -OCH3 is 1. The second kappa shape index (κ2) is 7.76. The first-order valence-electron chi connectivity index (χ1n) is 9.91. The lowest BCUT2D eigenvalue weighted by molar-refractivity contribution is 0.0664. The number of carbonyl (C=O) groups is 2. The Morgan fingerprint density at radius 2 is 2.13 bits per heavy atom. The van der Waals surface area contributed by atoms with Gasteiger partial charge < -0.3 is 19.3 Å². The van der Waals surface area contributed by atoms with Crippen LogP contribution in [0.25, 0.3) is 0 Å². The van der Waals surface area contributed by atoms with Gasteiger partial charge in [0, 0.05) is 39.2 Å². The molecule has 7 nitrogen and oxygen atoms in total. The van der Waals surface area contributed by atoms with Crippen LogP contribution in [0.3, 0.4) is 0 Å². The van der Waals surface area contributed by atoms with Crippen molar-refractivity contribution < 1.29 is 23.8 Å². The zero-order valence-corrected chi connectivity index (χ0v) is 17.9. The fourth-order valence-electron chi connectivity index (χ4n) is 4.49. The van der Waals surface area contributed by atoms with Crippen LogP contribution in [0.4, 0.5) is 4.39 Å². The van der Waals surface area contributed by atoms with Crippen molar-refractivity contribution in [2.45, 2.75) is 24.8 Å². The van der Waals surface area contributed by atoms with Crippen LogP contribution < -0.4 is 5.43 Å². The zero-order valence-electron chi connectivity index (χ0n) is 17.2. The van der Waals surface area contributed by atoms with Gasteiger partial charge in [-0.3, -0.25) is 14.4 Å². The van der Waals surface area contributed by atoms with Crippen LogP contribution in [-0.2, 0) is 16.7 Å². The van der Waals surface area contributed by atoms with Gasteiger partial charge in [0.15, 0.2) is 17.2 Å². The molecule has 0 saturated heterocycles. The number of carbonyl (C=O) groups excluding carboxylic acids is 2. The molecule has 1 N–H and O–H groups in total. The molecule has 31 heavy (non-hydrogen) atoms. The summed E-state index contributed by atoms with van der Waals surface area (Å²) in [6, 6.07) is 4.52. The van der Waals surface area contributed by atoms with Crippen LogP contribution in [0.5, 0.6) is 5.75 Å². The van der Waals surface area contributed by atoms with Crippen molar-refractivity contribution in [2.75, 3.05) is 27.3 Å². The molecule has 4 rings (SSSR count). The number of nitrogens with zero attached hydrogens (tertiary/aromatic N) is 2. The van der Waals surface area contributed by atoms with Gasteiger partial charge in [-0.1, -0.05) is 23.7 Å². The van der Waals surface area contributed by atoms with Gasteiger partial charge in [0.25, 0.3) is 5.91 Å². The first-order valence-corrected chi connectivity index (χ1v) is 10.3. The number of pyridine rings is 1. The summed E-state index contributed by atoms with van der Waals surface area (Å²) in [6.45, 7) is 0.836. The van der Waals surface area contributed by atoms with Crippen LogP contribution in [0.1, 0.15) is 39.3 Å². The van der Waals surface area contributed by atoms with Crippen molar-refractivity contribution in [1.29, 1.82) is 0 Å². The van der Waals surface area contributed by atoms with Crippen molar-refractivity contribution in [3.05, 3.63) is 62.3 Å². The number of amides is 1. The predicted octanol–water partition coefficient (Wildman–Crippen LogP) is 2.61. The Morgan fingerprint density at radius 1 is 1.39 bits per heavy atom. The van der Waals surface area contributed by atoms with E-state index < -0.39 is 34.2 Å². The van der Waals surface area contributed by atoms with E-state index in [2.05, 4.69) is 0 Å². The van der Waals surface area contributed by atoms with Crippen molar-refractivity contribution in [2.24, 2.45) is 5.92 Å². The van der Waals surface area contributed by atoms with Gasteiger partial charge >= 0.3 is 0 Å². The molecule has 2 aromatic rings. The van der Waals surface area contributed by atoms with E-state index in [9.17, 15) is 23.9 Å². The van der Waals surface area contributed by atoms with Crippen LogP contribution >= 0.6 is 11.6 Å². The molecule has 1 aromatic heterocycles. The van der Waals surface area contributed by atoms with Crippen molar-refractivity contribution in [3.63, 3.8) is 0 Å². The number of aromatic nitrogens is 1. The minimum Gasteiger partial charge on any atom is -0.503 e. The number of aryl methyl sites for hydroxylation is 1. The summed E-state index contributed by atoms with van der Waals surface area (Å²) in [5.74, 6) is -2.28. The first-order chi connectivity index (χ1) is 14.7. The molecule has 0 unspecified atom stereocenters. The molecule has 0 radical (unpaired) electrons. The van der Waals surface area contributed by atoms with Gasteiger partial charge in [-0.25, -0.2) is 4.39 Å². The highest BCUT2D eigenvalue weighted by Crippen LogP contribution is 2.53. The molecule has 2 heterocycles. The Labute approximate surface area is 183 Å². The molecule has 1 aromatic carbocycles. The lowest BCUT2D eigenvalue weighted by Crippen LogP contribution is -2.48. The normalized spacial score (nSPS) is 22.0. The Morgan fingerprint density at radius 3 is 2.84 bits per heavy atom. The predicted molar refractivity (Wildman–Crippen MR) is 111 cm³/mol. The Kier molecular flexibility index (Phi) is 5.39. The Bertz CT molecular complexity index is 1150. The molecule has 9 heteroatoms. The van der Waals surface area contributed by atoms with E-state index in [0.29, 0.717) is 19.6 Å². The van der Waals surface area contributed by atoms with Crippen molar-refractivity contribution >= 4 is 23.3 Å². The molecule has 2 atom stereocenters. The Hall–Kier alpha value is -2.71. The highest BCUT2D eigenvalue weighted by molar-refractivity contribution is 6.30. The number of likely N-dealkylation sites (N-methyl/N-ethyl adjacent to an activating group) is 1. The van der Waals surface area contributed by atoms with E-state index in [1.807, 2.05) is 0 Å². The monoisotopic (exact) mass is 448 g/mol. The smallest absolute Gasteiger partial charge is 0.274 e. The number of ether oxygens (including phenoxy) is 1. The maximum absolute atomic E-state index is 14.1. The van der Waals surface area contributed by atoms with E-state index in [4.69, 9.17) is 16.3 Å². The molecule has 1 aliphatic carbocycles. The minimum atomic E-state index is -0.898. The summed E-state index contributed by atoms with van der Waals surface area (Å²) in [5.41, 5.74) is -1.50. The van der Waals surface area contributed by atoms with Gasteiger partial charge in [-0.15, -0.1) is 0 Å². The molecule has 1 saturated carbocycles. The lowest BCUT2D eigenvalue weighted by Gasteiger charge is -2.35. The van der Waals surface area contributed by atoms with E-state index in [1.54, 1.807) is 24.8 Å². The molecule has 1 fully saturated rings. The highest BCUT2D eigenvalue weighted by atomic mass is 35.5. The number of rotatable bonds is 6. The third-order valence-corrected chi connectivity index (χ3v) is 6.54. The maximum Gasteiger partial charge on any atom is 0.274 e.